The monoisotopic (exact) mass is 274 g/mol. The van der Waals surface area contributed by atoms with Gasteiger partial charge in [-0.25, -0.2) is 9.78 Å². The second kappa shape index (κ2) is 5.53. The Labute approximate surface area is 117 Å². The summed E-state index contributed by atoms with van der Waals surface area (Å²) >= 11 is 0. The number of hydrogen-bond donors (Lipinski definition) is 2. The third-order valence-corrected chi connectivity index (χ3v) is 3.87. The molecule has 1 aromatic heterocycles. The smallest absolute Gasteiger partial charge is 0.371 e. The molecule has 1 aliphatic carbocycles. The van der Waals surface area contributed by atoms with Crippen LogP contribution in [-0.2, 0) is 0 Å². The molecule has 2 aromatic rings. The number of H-pyrrole nitrogens is 1. The number of ether oxygens (including phenoxy) is 1. The first-order valence-electron chi connectivity index (χ1n) is 7.08. The second-order valence-corrected chi connectivity index (χ2v) is 5.38. The highest BCUT2D eigenvalue weighted by Crippen LogP contribution is 2.25. The van der Waals surface area contributed by atoms with Crippen molar-refractivity contribution < 1.29 is 14.6 Å². The van der Waals surface area contributed by atoms with E-state index in [2.05, 4.69) is 9.97 Å². The number of carboxylic acid groups (broad SMARTS) is 1. The molecule has 0 saturated heterocycles. The average Bonchev–Trinajstić information content (AvgIpc) is 2.89. The van der Waals surface area contributed by atoms with E-state index in [1.165, 1.54) is 32.1 Å². The molecule has 0 amide bonds. The van der Waals surface area contributed by atoms with Gasteiger partial charge in [-0.15, -0.1) is 0 Å². The number of aromatic amines is 1. The van der Waals surface area contributed by atoms with Crippen molar-refractivity contribution in [2.45, 2.75) is 32.1 Å². The number of carbonyl (C=O) groups is 1. The van der Waals surface area contributed by atoms with Crippen molar-refractivity contribution in [3.63, 3.8) is 0 Å². The van der Waals surface area contributed by atoms with Gasteiger partial charge < -0.3 is 14.8 Å². The minimum Gasteiger partial charge on any atom is -0.493 e. The van der Waals surface area contributed by atoms with Gasteiger partial charge >= 0.3 is 5.97 Å². The van der Waals surface area contributed by atoms with Crippen molar-refractivity contribution in [2.24, 2.45) is 5.92 Å². The van der Waals surface area contributed by atoms with Crippen LogP contribution in [-0.4, -0.2) is 27.7 Å². The van der Waals surface area contributed by atoms with E-state index in [0.29, 0.717) is 17.0 Å². The lowest BCUT2D eigenvalue weighted by molar-refractivity contribution is 0.0685. The maximum atomic E-state index is 10.9. The van der Waals surface area contributed by atoms with E-state index in [1.807, 2.05) is 12.1 Å². The lowest BCUT2D eigenvalue weighted by Crippen LogP contribution is -2.15. The molecule has 3 rings (SSSR count). The number of hydrogen-bond acceptors (Lipinski definition) is 3. The normalized spacial score (nSPS) is 16.4. The van der Waals surface area contributed by atoms with Crippen LogP contribution in [0.4, 0.5) is 0 Å². The minimum atomic E-state index is -1.05. The molecular weight excluding hydrogens is 256 g/mol. The maximum Gasteiger partial charge on any atom is 0.371 e. The first-order chi connectivity index (χ1) is 9.72. The standard InChI is InChI=1S/C15H18N2O3/c18-15(19)14-16-12-7-6-11(8-13(12)17-14)20-9-10-4-2-1-3-5-10/h6-8,10H,1-5,9H2,(H,16,17)(H,18,19). The Balaban J connectivity index is 1.70. The number of nitrogens with one attached hydrogen (secondary N) is 1. The van der Waals surface area contributed by atoms with Gasteiger partial charge in [-0.05, 0) is 30.9 Å². The van der Waals surface area contributed by atoms with E-state index in [9.17, 15) is 4.79 Å². The van der Waals surface area contributed by atoms with Gasteiger partial charge in [-0.3, -0.25) is 0 Å². The zero-order valence-electron chi connectivity index (χ0n) is 11.3. The van der Waals surface area contributed by atoms with Crippen molar-refractivity contribution in [2.75, 3.05) is 6.61 Å². The SMILES string of the molecule is O=C(O)c1nc2ccc(OCC3CCCCC3)cc2[nH]1. The van der Waals surface area contributed by atoms with Crippen molar-refractivity contribution in [3.05, 3.63) is 24.0 Å². The summed E-state index contributed by atoms with van der Waals surface area (Å²) in [6.45, 7) is 0.741. The Morgan fingerprint density at radius 1 is 1.35 bits per heavy atom. The molecule has 0 radical (unpaired) electrons. The summed E-state index contributed by atoms with van der Waals surface area (Å²) in [6, 6.07) is 5.45. The van der Waals surface area contributed by atoms with Crippen molar-refractivity contribution >= 4 is 17.0 Å². The van der Waals surface area contributed by atoms with Gasteiger partial charge in [0, 0.05) is 6.07 Å². The fourth-order valence-corrected chi connectivity index (χ4v) is 2.75. The van der Waals surface area contributed by atoms with Crippen LogP contribution >= 0.6 is 0 Å². The van der Waals surface area contributed by atoms with E-state index >= 15 is 0 Å². The topological polar surface area (TPSA) is 75.2 Å². The number of nitrogens with zero attached hydrogens (tertiary/aromatic N) is 1. The summed E-state index contributed by atoms with van der Waals surface area (Å²) in [5.41, 5.74) is 1.34. The summed E-state index contributed by atoms with van der Waals surface area (Å²) in [5.74, 6) is 0.328. The van der Waals surface area contributed by atoms with Crippen LogP contribution in [0, 0.1) is 5.92 Å². The number of imidazole rings is 1. The Hall–Kier alpha value is -2.04. The van der Waals surface area contributed by atoms with Crippen LogP contribution in [0.5, 0.6) is 5.75 Å². The summed E-state index contributed by atoms with van der Waals surface area (Å²) in [7, 11) is 0. The highest BCUT2D eigenvalue weighted by Gasteiger charge is 2.14. The van der Waals surface area contributed by atoms with E-state index in [4.69, 9.17) is 9.84 Å². The molecule has 1 aromatic carbocycles. The fraction of sp³-hybridized carbons (Fsp3) is 0.467. The zero-order valence-corrected chi connectivity index (χ0v) is 11.3. The summed E-state index contributed by atoms with van der Waals surface area (Å²) < 4.78 is 5.83. The van der Waals surface area contributed by atoms with Crippen molar-refractivity contribution in [1.29, 1.82) is 0 Å². The molecule has 106 valence electrons. The molecule has 5 heteroatoms. The number of aromatic nitrogens is 2. The van der Waals surface area contributed by atoms with E-state index < -0.39 is 5.97 Å². The molecular formula is C15H18N2O3. The summed E-state index contributed by atoms with van der Waals surface area (Å²) in [6.07, 6.45) is 6.44. The van der Waals surface area contributed by atoms with Crippen molar-refractivity contribution in [1.82, 2.24) is 9.97 Å². The molecule has 0 atom stereocenters. The maximum absolute atomic E-state index is 10.9. The van der Waals surface area contributed by atoms with Crippen LogP contribution in [0.15, 0.2) is 18.2 Å². The average molecular weight is 274 g/mol. The van der Waals surface area contributed by atoms with Gasteiger partial charge in [-0.2, -0.15) is 0 Å². The van der Waals surface area contributed by atoms with E-state index in [0.717, 1.165) is 12.4 Å². The molecule has 5 nitrogen and oxygen atoms in total. The first-order valence-corrected chi connectivity index (χ1v) is 7.08. The molecule has 1 saturated carbocycles. The fourth-order valence-electron chi connectivity index (χ4n) is 2.75. The minimum absolute atomic E-state index is 0.0376. The van der Waals surface area contributed by atoms with Gasteiger partial charge in [0.15, 0.2) is 0 Å². The molecule has 0 bridgehead atoms. The number of benzene rings is 1. The molecule has 20 heavy (non-hydrogen) atoms. The van der Waals surface area contributed by atoms with Crippen LogP contribution in [0.25, 0.3) is 11.0 Å². The third kappa shape index (κ3) is 2.76. The molecule has 0 aliphatic heterocycles. The molecule has 0 unspecified atom stereocenters. The number of aromatic carboxylic acids is 1. The lowest BCUT2D eigenvalue weighted by atomic mass is 9.90. The Morgan fingerprint density at radius 2 is 2.15 bits per heavy atom. The van der Waals surface area contributed by atoms with E-state index in [1.54, 1.807) is 6.07 Å². The Bertz CT molecular complexity index is 615. The Kier molecular flexibility index (Phi) is 3.58. The van der Waals surface area contributed by atoms with Crippen LogP contribution < -0.4 is 4.74 Å². The van der Waals surface area contributed by atoms with Crippen LogP contribution in [0.2, 0.25) is 0 Å². The summed E-state index contributed by atoms with van der Waals surface area (Å²) in [5, 5.41) is 8.90. The Morgan fingerprint density at radius 3 is 2.90 bits per heavy atom. The second-order valence-electron chi connectivity index (χ2n) is 5.38. The number of rotatable bonds is 4. The van der Waals surface area contributed by atoms with Crippen molar-refractivity contribution in [3.8, 4) is 5.75 Å². The van der Waals surface area contributed by atoms with Gasteiger partial charge in [0.05, 0.1) is 17.6 Å². The third-order valence-electron chi connectivity index (χ3n) is 3.87. The molecule has 1 aliphatic rings. The molecule has 2 N–H and O–H groups in total. The van der Waals surface area contributed by atoms with E-state index in [-0.39, 0.29) is 5.82 Å². The quantitative estimate of drug-likeness (QED) is 0.897. The first kappa shape index (κ1) is 13.0. The van der Waals surface area contributed by atoms with Gasteiger partial charge in [-0.1, -0.05) is 19.3 Å². The van der Waals surface area contributed by atoms with Crippen LogP contribution in [0.3, 0.4) is 0 Å². The summed E-state index contributed by atoms with van der Waals surface area (Å²) in [4.78, 5) is 17.6. The number of fused-ring (bicyclic) bond motifs is 1. The predicted octanol–water partition coefficient (Wildman–Crippen LogP) is 3.22. The van der Waals surface area contributed by atoms with Gasteiger partial charge in [0.1, 0.15) is 5.75 Å². The molecule has 0 spiro atoms. The zero-order chi connectivity index (χ0) is 13.9. The van der Waals surface area contributed by atoms with Gasteiger partial charge in [0.25, 0.3) is 0 Å². The highest BCUT2D eigenvalue weighted by atomic mass is 16.5. The highest BCUT2D eigenvalue weighted by molar-refractivity contribution is 5.89. The molecule has 1 heterocycles. The largest absolute Gasteiger partial charge is 0.493 e. The van der Waals surface area contributed by atoms with Gasteiger partial charge in [0.2, 0.25) is 5.82 Å². The predicted molar refractivity (Wildman–Crippen MR) is 75.1 cm³/mol. The number of carboxylic acids is 1. The molecule has 1 fully saturated rings. The van der Waals surface area contributed by atoms with Crippen LogP contribution in [0.1, 0.15) is 42.7 Å². The lowest BCUT2D eigenvalue weighted by Gasteiger charge is -2.21.